The zero-order chi connectivity index (χ0) is 10.6. The molecule has 0 bridgehead atoms. The van der Waals surface area contributed by atoms with Crippen molar-refractivity contribution in [1.82, 2.24) is 0 Å². The highest BCUT2D eigenvalue weighted by Crippen LogP contribution is 2.15. The van der Waals surface area contributed by atoms with Crippen molar-refractivity contribution in [2.45, 2.75) is 0 Å². The van der Waals surface area contributed by atoms with Gasteiger partial charge < -0.3 is 4.74 Å². The molecule has 0 aliphatic rings. The first-order chi connectivity index (χ1) is 6.47. The van der Waals surface area contributed by atoms with Crippen molar-refractivity contribution in [3.05, 3.63) is 29.3 Å². The summed E-state index contributed by atoms with van der Waals surface area (Å²) in [5.41, 5.74) is 0. The topological polar surface area (TPSA) is 69.4 Å². The number of hydrogen-bond donors (Lipinski definition) is 1. The summed E-state index contributed by atoms with van der Waals surface area (Å²) >= 11 is 5.65. The highest BCUT2D eigenvalue weighted by atomic mass is 35.5. The fraction of sp³-hybridized carbons (Fsp3) is 0.250. The SMILES string of the molecule is NS(=O)(=O)CCOc1ccc(Cl)cc1. The molecule has 0 saturated heterocycles. The summed E-state index contributed by atoms with van der Waals surface area (Å²) in [5.74, 6) is 0.369. The van der Waals surface area contributed by atoms with E-state index in [1.807, 2.05) is 0 Å². The first-order valence-corrected chi connectivity index (χ1v) is 5.95. The Morgan fingerprint density at radius 1 is 1.29 bits per heavy atom. The van der Waals surface area contributed by atoms with Crippen LogP contribution in [0, 0.1) is 0 Å². The molecule has 0 spiro atoms. The van der Waals surface area contributed by atoms with Crippen LogP contribution in [0.1, 0.15) is 0 Å². The van der Waals surface area contributed by atoms with Gasteiger partial charge in [-0.1, -0.05) is 11.6 Å². The normalized spacial score (nSPS) is 11.3. The molecule has 4 nitrogen and oxygen atoms in total. The second kappa shape index (κ2) is 4.63. The van der Waals surface area contributed by atoms with E-state index in [9.17, 15) is 8.42 Å². The van der Waals surface area contributed by atoms with Gasteiger partial charge in [-0.2, -0.15) is 0 Å². The predicted octanol–water partition coefficient (Wildman–Crippen LogP) is 1.01. The van der Waals surface area contributed by atoms with Gasteiger partial charge in [0.1, 0.15) is 12.4 Å². The van der Waals surface area contributed by atoms with E-state index in [0.717, 1.165) is 0 Å². The van der Waals surface area contributed by atoms with Gasteiger partial charge in [0.2, 0.25) is 10.0 Å². The number of rotatable bonds is 4. The number of sulfonamides is 1. The summed E-state index contributed by atoms with van der Waals surface area (Å²) in [6, 6.07) is 6.64. The summed E-state index contributed by atoms with van der Waals surface area (Å²) in [6.07, 6.45) is 0. The molecular formula is C8H10ClNO3S. The van der Waals surface area contributed by atoms with E-state index >= 15 is 0 Å². The van der Waals surface area contributed by atoms with Crippen molar-refractivity contribution < 1.29 is 13.2 Å². The molecular weight excluding hydrogens is 226 g/mol. The molecule has 0 heterocycles. The van der Waals surface area contributed by atoms with E-state index in [1.54, 1.807) is 24.3 Å². The van der Waals surface area contributed by atoms with Crippen LogP contribution >= 0.6 is 11.6 Å². The molecule has 1 rings (SSSR count). The summed E-state index contributed by atoms with van der Waals surface area (Å²) in [4.78, 5) is 0. The number of nitrogens with two attached hydrogens (primary N) is 1. The van der Waals surface area contributed by atoms with Crippen molar-refractivity contribution >= 4 is 21.6 Å². The first-order valence-electron chi connectivity index (χ1n) is 3.86. The highest BCUT2D eigenvalue weighted by molar-refractivity contribution is 7.89. The van der Waals surface area contributed by atoms with Gasteiger partial charge in [-0.15, -0.1) is 0 Å². The molecule has 0 aromatic heterocycles. The molecule has 78 valence electrons. The van der Waals surface area contributed by atoms with E-state index in [2.05, 4.69) is 0 Å². The van der Waals surface area contributed by atoms with Crippen LogP contribution in [0.3, 0.4) is 0 Å². The smallest absolute Gasteiger partial charge is 0.212 e. The highest BCUT2D eigenvalue weighted by Gasteiger charge is 2.02. The number of halogens is 1. The Bertz CT molecular complexity index is 388. The van der Waals surface area contributed by atoms with Gasteiger partial charge in [0.15, 0.2) is 0 Å². The summed E-state index contributed by atoms with van der Waals surface area (Å²) in [6.45, 7) is 0.0421. The van der Waals surface area contributed by atoms with Crippen LogP contribution in [-0.4, -0.2) is 20.8 Å². The minimum Gasteiger partial charge on any atom is -0.492 e. The lowest BCUT2D eigenvalue weighted by molar-refractivity contribution is 0.341. The fourth-order valence-corrected chi connectivity index (χ4v) is 1.25. The van der Waals surface area contributed by atoms with Gasteiger partial charge in [0.25, 0.3) is 0 Å². The summed E-state index contributed by atoms with van der Waals surface area (Å²) in [5, 5.41) is 5.40. The zero-order valence-corrected chi connectivity index (χ0v) is 8.88. The second-order valence-electron chi connectivity index (χ2n) is 2.67. The quantitative estimate of drug-likeness (QED) is 0.847. The maximum atomic E-state index is 10.6. The third-order valence-corrected chi connectivity index (χ3v) is 2.44. The molecule has 1 aromatic rings. The third kappa shape index (κ3) is 4.45. The van der Waals surface area contributed by atoms with Gasteiger partial charge in [-0.3, -0.25) is 0 Å². The second-order valence-corrected chi connectivity index (χ2v) is 4.84. The van der Waals surface area contributed by atoms with Crippen LogP contribution in [0.25, 0.3) is 0 Å². The van der Waals surface area contributed by atoms with Crippen LogP contribution in [0.5, 0.6) is 5.75 Å². The van der Waals surface area contributed by atoms with Gasteiger partial charge in [-0.05, 0) is 24.3 Å². The molecule has 0 atom stereocenters. The Labute approximate surface area is 87.7 Å². The summed E-state index contributed by atoms with van der Waals surface area (Å²) in [7, 11) is -3.45. The van der Waals surface area contributed by atoms with E-state index in [4.69, 9.17) is 21.5 Å². The third-order valence-electron chi connectivity index (χ3n) is 1.45. The number of hydrogen-bond acceptors (Lipinski definition) is 3. The molecule has 0 saturated carbocycles. The minimum absolute atomic E-state index is 0.0421. The van der Waals surface area contributed by atoms with Crippen molar-refractivity contribution in [2.24, 2.45) is 5.14 Å². The monoisotopic (exact) mass is 235 g/mol. The maximum absolute atomic E-state index is 10.6. The van der Waals surface area contributed by atoms with Crippen molar-refractivity contribution in [2.75, 3.05) is 12.4 Å². The molecule has 2 N–H and O–H groups in total. The average molecular weight is 236 g/mol. The van der Waals surface area contributed by atoms with Crippen molar-refractivity contribution in [1.29, 1.82) is 0 Å². The predicted molar refractivity (Wildman–Crippen MR) is 54.9 cm³/mol. The molecule has 0 radical (unpaired) electrons. The molecule has 0 aliphatic carbocycles. The van der Waals surface area contributed by atoms with E-state index in [1.165, 1.54) is 0 Å². The van der Waals surface area contributed by atoms with Crippen LogP contribution in [-0.2, 0) is 10.0 Å². The first kappa shape index (κ1) is 11.3. The molecule has 1 aromatic carbocycles. The Morgan fingerprint density at radius 3 is 2.36 bits per heavy atom. The molecule has 14 heavy (non-hydrogen) atoms. The molecule has 0 aliphatic heterocycles. The van der Waals surface area contributed by atoms with E-state index in [-0.39, 0.29) is 12.4 Å². The molecule has 0 fully saturated rings. The maximum Gasteiger partial charge on any atom is 0.212 e. The number of benzene rings is 1. The molecule has 0 unspecified atom stereocenters. The van der Waals surface area contributed by atoms with Crippen LogP contribution in [0.2, 0.25) is 5.02 Å². The lowest BCUT2D eigenvalue weighted by Crippen LogP contribution is -2.21. The van der Waals surface area contributed by atoms with Crippen LogP contribution in [0.4, 0.5) is 0 Å². The standard InChI is InChI=1S/C8H10ClNO3S/c9-7-1-3-8(4-2-7)13-5-6-14(10,11)12/h1-4H,5-6H2,(H2,10,11,12). The minimum atomic E-state index is -3.45. The van der Waals surface area contributed by atoms with Gasteiger partial charge in [0, 0.05) is 5.02 Å². The van der Waals surface area contributed by atoms with Gasteiger partial charge in [0.05, 0.1) is 5.75 Å². The summed E-state index contributed by atoms with van der Waals surface area (Å²) < 4.78 is 26.2. The Hall–Kier alpha value is -0.780. The number of ether oxygens (including phenoxy) is 1. The van der Waals surface area contributed by atoms with E-state index < -0.39 is 10.0 Å². The average Bonchev–Trinajstić information content (AvgIpc) is 2.06. The van der Waals surface area contributed by atoms with Crippen LogP contribution < -0.4 is 9.88 Å². The largest absolute Gasteiger partial charge is 0.492 e. The zero-order valence-electron chi connectivity index (χ0n) is 7.31. The molecule has 0 amide bonds. The van der Waals surface area contributed by atoms with Gasteiger partial charge in [-0.25, -0.2) is 13.6 Å². The van der Waals surface area contributed by atoms with Crippen molar-refractivity contribution in [3.63, 3.8) is 0 Å². The Balaban J connectivity index is 2.43. The van der Waals surface area contributed by atoms with Gasteiger partial charge >= 0.3 is 0 Å². The fourth-order valence-electron chi connectivity index (χ4n) is 0.806. The molecule has 6 heteroatoms. The van der Waals surface area contributed by atoms with Crippen LogP contribution in [0.15, 0.2) is 24.3 Å². The Morgan fingerprint density at radius 2 is 1.86 bits per heavy atom. The Kier molecular flexibility index (Phi) is 3.74. The van der Waals surface area contributed by atoms with E-state index in [0.29, 0.717) is 10.8 Å². The lowest BCUT2D eigenvalue weighted by atomic mass is 10.3. The number of primary sulfonamides is 1. The van der Waals surface area contributed by atoms with Crippen molar-refractivity contribution in [3.8, 4) is 5.75 Å². The lowest BCUT2D eigenvalue weighted by Gasteiger charge is -2.04.